The van der Waals surface area contributed by atoms with Crippen molar-refractivity contribution in [2.24, 2.45) is 0 Å². The van der Waals surface area contributed by atoms with Crippen molar-refractivity contribution in [3.05, 3.63) is 28.8 Å². The highest BCUT2D eigenvalue weighted by atomic mass is 35.5. The minimum absolute atomic E-state index is 0.0788. The van der Waals surface area contributed by atoms with E-state index in [1.807, 2.05) is 0 Å². The number of benzene rings is 1. The fraction of sp³-hybridized carbons (Fsp3) is 0.333. The van der Waals surface area contributed by atoms with Crippen LogP contribution >= 0.6 is 11.6 Å². The SMILES string of the molecule is O=C(O)c1ccc(NC(=O)[C@@H]2CCCO2)c(Cl)c1. The molecule has 0 bridgehead atoms. The number of carbonyl (C=O) groups excluding carboxylic acids is 1. The number of carbonyl (C=O) groups is 2. The summed E-state index contributed by atoms with van der Waals surface area (Å²) in [6.45, 7) is 0.587. The summed E-state index contributed by atoms with van der Waals surface area (Å²) < 4.78 is 5.24. The van der Waals surface area contributed by atoms with Gasteiger partial charge in [-0.2, -0.15) is 0 Å². The number of rotatable bonds is 3. The van der Waals surface area contributed by atoms with Gasteiger partial charge in [-0.15, -0.1) is 0 Å². The molecule has 1 aliphatic rings. The number of hydrogen-bond acceptors (Lipinski definition) is 3. The first-order chi connectivity index (χ1) is 8.58. The molecule has 0 spiro atoms. The molecule has 6 heteroatoms. The molecule has 1 fully saturated rings. The van der Waals surface area contributed by atoms with Gasteiger partial charge in [-0.3, -0.25) is 4.79 Å². The Labute approximate surface area is 109 Å². The Balaban J connectivity index is 2.09. The smallest absolute Gasteiger partial charge is 0.335 e. The second kappa shape index (κ2) is 5.37. The fourth-order valence-electron chi connectivity index (χ4n) is 1.75. The van der Waals surface area contributed by atoms with Gasteiger partial charge < -0.3 is 15.2 Å². The number of carboxylic acids is 1. The molecule has 2 N–H and O–H groups in total. The molecule has 0 aliphatic carbocycles. The second-order valence-corrected chi connectivity index (χ2v) is 4.40. The van der Waals surface area contributed by atoms with Crippen molar-refractivity contribution < 1.29 is 19.4 Å². The van der Waals surface area contributed by atoms with Crippen LogP contribution < -0.4 is 5.32 Å². The zero-order valence-corrected chi connectivity index (χ0v) is 10.2. The second-order valence-electron chi connectivity index (χ2n) is 3.99. The number of hydrogen-bond donors (Lipinski definition) is 2. The van der Waals surface area contributed by atoms with E-state index < -0.39 is 12.1 Å². The molecule has 18 heavy (non-hydrogen) atoms. The molecule has 0 aromatic heterocycles. The molecule has 0 saturated carbocycles. The van der Waals surface area contributed by atoms with Crippen LogP contribution in [0.25, 0.3) is 0 Å². The Hall–Kier alpha value is -1.59. The summed E-state index contributed by atoms with van der Waals surface area (Å²) in [7, 11) is 0. The lowest BCUT2D eigenvalue weighted by molar-refractivity contribution is -0.124. The Morgan fingerprint density at radius 3 is 2.78 bits per heavy atom. The maximum absolute atomic E-state index is 11.8. The van der Waals surface area contributed by atoms with Crippen LogP contribution in [0, 0.1) is 0 Å². The molecule has 0 unspecified atom stereocenters. The lowest BCUT2D eigenvalue weighted by Gasteiger charge is -2.11. The van der Waals surface area contributed by atoms with Gasteiger partial charge >= 0.3 is 5.97 Å². The molecule has 2 rings (SSSR count). The van der Waals surface area contributed by atoms with Crippen LogP contribution in [0.2, 0.25) is 5.02 Å². The van der Waals surface area contributed by atoms with Crippen molar-refractivity contribution in [3.63, 3.8) is 0 Å². The first-order valence-electron chi connectivity index (χ1n) is 5.53. The van der Waals surface area contributed by atoms with Crippen molar-refractivity contribution >= 4 is 29.2 Å². The predicted molar refractivity (Wildman–Crippen MR) is 66.0 cm³/mol. The quantitative estimate of drug-likeness (QED) is 0.882. The zero-order valence-electron chi connectivity index (χ0n) is 9.48. The molecule has 1 aromatic rings. The number of nitrogens with one attached hydrogen (secondary N) is 1. The summed E-state index contributed by atoms with van der Waals surface area (Å²) in [6.07, 6.45) is 1.11. The van der Waals surface area contributed by atoms with Crippen LogP contribution in [0.3, 0.4) is 0 Å². The van der Waals surface area contributed by atoms with Gasteiger partial charge in [0.15, 0.2) is 0 Å². The lowest BCUT2D eigenvalue weighted by atomic mass is 10.2. The minimum Gasteiger partial charge on any atom is -0.478 e. The molecule has 1 heterocycles. The normalized spacial score (nSPS) is 18.6. The third-order valence-corrected chi connectivity index (χ3v) is 3.01. The van der Waals surface area contributed by atoms with Crippen LogP contribution in [0.4, 0.5) is 5.69 Å². The number of carboxylic acid groups (broad SMARTS) is 1. The van der Waals surface area contributed by atoms with Crippen molar-refractivity contribution in [2.45, 2.75) is 18.9 Å². The third kappa shape index (κ3) is 2.80. The van der Waals surface area contributed by atoms with E-state index in [4.69, 9.17) is 21.4 Å². The maximum Gasteiger partial charge on any atom is 0.335 e. The summed E-state index contributed by atoms with van der Waals surface area (Å²) in [5.41, 5.74) is 0.470. The van der Waals surface area contributed by atoms with Crippen molar-refractivity contribution in [1.29, 1.82) is 0 Å². The Kier molecular flexibility index (Phi) is 3.84. The van der Waals surface area contributed by atoms with E-state index in [0.717, 1.165) is 6.42 Å². The zero-order chi connectivity index (χ0) is 13.1. The number of aromatic carboxylic acids is 1. The van der Waals surface area contributed by atoms with Crippen LogP contribution in [-0.2, 0) is 9.53 Å². The molecule has 5 nitrogen and oxygen atoms in total. The average Bonchev–Trinajstić information content (AvgIpc) is 2.85. The van der Waals surface area contributed by atoms with Crippen LogP contribution in [-0.4, -0.2) is 29.7 Å². The summed E-state index contributed by atoms with van der Waals surface area (Å²) in [6, 6.07) is 4.16. The summed E-state index contributed by atoms with van der Waals surface area (Å²) in [5, 5.41) is 11.6. The maximum atomic E-state index is 11.8. The van der Waals surface area contributed by atoms with Gasteiger partial charge in [-0.1, -0.05) is 11.6 Å². The third-order valence-electron chi connectivity index (χ3n) is 2.70. The standard InChI is InChI=1S/C12H12ClNO4/c13-8-6-7(12(16)17)3-4-9(8)14-11(15)10-2-1-5-18-10/h3-4,6,10H,1-2,5H2,(H,14,15)(H,16,17)/t10-/m0/s1. The van der Waals surface area contributed by atoms with E-state index in [2.05, 4.69) is 5.32 Å². The first kappa shape index (κ1) is 12.9. The average molecular weight is 270 g/mol. The monoisotopic (exact) mass is 269 g/mol. The van der Waals surface area contributed by atoms with Gasteiger partial charge in [-0.05, 0) is 31.0 Å². The van der Waals surface area contributed by atoms with Gasteiger partial charge in [0.05, 0.1) is 16.3 Å². The molecule has 0 radical (unpaired) electrons. The predicted octanol–water partition coefficient (Wildman–Crippen LogP) is 2.16. The van der Waals surface area contributed by atoms with E-state index in [1.54, 1.807) is 0 Å². The van der Waals surface area contributed by atoms with Crippen LogP contribution in [0.15, 0.2) is 18.2 Å². The van der Waals surface area contributed by atoms with E-state index >= 15 is 0 Å². The highest BCUT2D eigenvalue weighted by Crippen LogP contribution is 2.24. The van der Waals surface area contributed by atoms with Gasteiger partial charge in [0, 0.05) is 6.61 Å². The molecule has 96 valence electrons. The molecule has 1 saturated heterocycles. The van der Waals surface area contributed by atoms with E-state index in [0.29, 0.717) is 18.7 Å². The van der Waals surface area contributed by atoms with Gasteiger partial charge in [0.25, 0.3) is 5.91 Å². The van der Waals surface area contributed by atoms with Crippen molar-refractivity contribution in [2.75, 3.05) is 11.9 Å². The van der Waals surface area contributed by atoms with Crippen LogP contribution in [0.5, 0.6) is 0 Å². The highest BCUT2D eigenvalue weighted by Gasteiger charge is 2.24. The van der Waals surface area contributed by atoms with E-state index in [9.17, 15) is 9.59 Å². The summed E-state index contributed by atoms with van der Waals surface area (Å²) >= 11 is 5.91. The molecule has 1 amide bonds. The number of amides is 1. The molecule has 1 aromatic carbocycles. The van der Waals surface area contributed by atoms with Gasteiger partial charge in [0.1, 0.15) is 6.10 Å². The Morgan fingerprint density at radius 2 is 2.22 bits per heavy atom. The molecular weight excluding hydrogens is 258 g/mol. The van der Waals surface area contributed by atoms with Crippen molar-refractivity contribution in [3.8, 4) is 0 Å². The van der Waals surface area contributed by atoms with Crippen LogP contribution in [0.1, 0.15) is 23.2 Å². The molecular formula is C12H12ClNO4. The Bertz CT molecular complexity index is 483. The van der Waals surface area contributed by atoms with Gasteiger partial charge in [-0.25, -0.2) is 4.79 Å². The minimum atomic E-state index is -1.06. The number of ether oxygens (including phenoxy) is 1. The van der Waals surface area contributed by atoms with Gasteiger partial charge in [0.2, 0.25) is 0 Å². The highest BCUT2D eigenvalue weighted by molar-refractivity contribution is 6.34. The molecule has 1 atom stereocenters. The van der Waals surface area contributed by atoms with E-state index in [1.165, 1.54) is 18.2 Å². The Morgan fingerprint density at radius 1 is 1.44 bits per heavy atom. The fourth-order valence-corrected chi connectivity index (χ4v) is 1.97. The molecule has 1 aliphatic heterocycles. The summed E-state index contributed by atoms with van der Waals surface area (Å²) in [4.78, 5) is 22.5. The summed E-state index contributed by atoms with van der Waals surface area (Å²) in [5.74, 6) is -1.31. The first-order valence-corrected chi connectivity index (χ1v) is 5.91. The number of anilines is 1. The topological polar surface area (TPSA) is 75.6 Å². The van der Waals surface area contributed by atoms with Crippen molar-refractivity contribution in [1.82, 2.24) is 0 Å². The van der Waals surface area contributed by atoms with E-state index in [-0.39, 0.29) is 16.5 Å². The largest absolute Gasteiger partial charge is 0.478 e. The number of halogens is 1. The lowest BCUT2D eigenvalue weighted by Crippen LogP contribution is -2.27.